The summed E-state index contributed by atoms with van der Waals surface area (Å²) in [7, 11) is 1.78. The number of amides is 1. The lowest BCUT2D eigenvalue weighted by atomic mass is 10.2. The number of thioether (sulfide) groups is 1. The van der Waals surface area contributed by atoms with Gasteiger partial charge in [-0.1, -0.05) is 53.2 Å². The maximum Gasteiger partial charge on any atom is 0.233 e. The lowest BCUT2D eigenvalue weighted by Crippen LogP contribution is -2.27. The summed E-state index contributed by atoms with van der Waals surface area (Å²) in [6, 6.07) is 15.4. The molecule has 0 aliphatic rings. The molecular formula is C18H18ClN5OS. The first-order valence-corrected chi connectivity index (χ1v) is 9.36. The Kier molecular flexibility index (Phi) is 5.90. The number of rotatable bonds is 6. The summed E-state index contributed by atoms with van der Waals surface area (Å²) in [5.41, 5.74) is 3.06. The van der Waals surface area contributed by atoms with Crippen LogP contribution >= 0.6 is 23.4 Å². The van der Waals surface area contributed by atoms with Crippen LogP contribution in [0.25, 0.3) is 5.69 Å². The molecule has 2 aromatic carbocycles. The predicted molar refractivity (Wildman–Crippen MR) is 103 cm³/mol. The minimum absolute atomic E-state index is 0.00315. The van der Waals surface area contributed by atoms with Crippen LogP contribution < -0.4 is 0 Å². The zero-order valence-electron chi connectivity index (χ0n) is 14.5. The zero-order chi connectivity index (χ0) is 18.5. The molecule has 6 nitrogen and oxygen atoms in total. The number of halogens is 1. The van der Waals surface area contributed by atoms with Crippen molar-refractivity contribution in [3.8, 4) is 5.69 Å². The number of hydrogen-bond donors (Lipinski definition) is 0. The van der Waals surface area contributed by atoms with Crippen LogP contribution in [0.2, 0.25) is 5.02 Å². The smallest absolute Gasteiger partial charge is 0.233 e. The van der Waals surface area contributed by atoms with Gasteiger partial charge in [0.2, 0.25) is 11.1 Å². The largest absolute Gasteiger partial charge is 0.341 e. The molecule has 0 N–H and O–H groups in total. The first-order chi connectivity index (χ1) is 12.5. The van der Waals surface area contributed by atoms with Gasteiger partial charge >= 0.3 is 0 Å². The van der Waals surface area contributed by atoms with Crippen LogP contribution in [0, 0.1) is 6.92 Å². The SMILES string of the molecule is Cc1ccc(-n2nnnc2SCC(=O)N(C)Cc2ccc(Cl)cc2)cc1. The molecular weight excluding hydrogens is 370 g/mol. The summed E-state index contributed by atoms with van der Waals surface area (Å²) < 4.78 is 1.64. The molecule has 0 unspecified atom stereocenters. The molecule has 0 aliphatic carbocycles. The van der Waals surface area contributed by atoms with Crippen LogP contribution in [-0.2, 0) is 11.3 Å². The van der Waals surface area contributed by atoms with E-state index in [1.165, 1.54) is 11.8 Å². The lowest BCUT2D eigenvalue weighted by molar-refractivity contribution is -0.127. The van der Waals surface area contributed by atoms with Crippen molar-refractivity contribution in [2.75, 3.05) is 12.8 Å². The van der Waals surface area contributed by atoms with E-state index in [0.717, 1.165) is 16.8 Å². The topological polar surface area (TPSA) is 63.9 Å². The van der Waals surface area contributed by atoms with Gasteiger partial charge in [0.05, 0.1) is 11.4 Å². The van der Waals surface area contributed by atoms with E-state index in [0.29, 0.717) is 16.7 Å². The first-order valence-electron chi connectivity index (χ1n) is 7.99. The molecule has 134 valence electrons. The summed E-state index contributed by atoms with van der Waals surface area (Å²) in [5, 5.41) is 13.0. The molecule has 0 bridgehead atoms. The van der Waals surface area contributed by atoms with Gasteiger partial charge in [-0.2, -0.15) is 4.68 Å². The van der Waals surface area contributed by atoms with Crippen molar-refractivity contribution in [3.05, 3.63) is 64.7 Å². The van der Waals surface area contributed by atoms with Crippen molar-refractivity contribution in [1.82, 2.24) is 25.1 Å². The van der Waals surface area contributed by atoms with E-state index in [-0.39, 0.29) is 11.7 Å². The third kappa shape index (κ3) is 4.62. The number of hydrogen-bond acceptors (Lipinski definition) is 5. The van der Waals surface area contributed by atoms with E-state index >= 15 is 0 Å². The van der Waals surface area contributed by atoms with Gasteiger partial charge in [-0.05, 0) is 47.2 Å². The van der Waals surface area contributed by atoms with Crippen molar-refractivity contribution in [1.29, 1.82) is 0 Å². The van der Waals surface area contributed by atoms with E-state index in [1.807, 2.05) is 55.5 Å². The van der Waals surface area contributed by atoms with Gasteiger partial charge < -0.3 is 4.90 Å². The Morgan fingerprint density at radius 2 is 1.85 bits per heavy atom. The first kappa shape index (κ1) is 18.4. The Morgan fingerprint density at radius 3 is 2.54 bits per heavy atom. The monoisotopic (exact) mass is 387 g/mol. The molecule has 8 heteroatoms. The molecule has 0 radical (unpaired) electrons. The van der Waals surface area contributed by atoms with E-state index in [4.69, 9.17) is 11.6 Å². The fourth-order valence-corrected chi connectivity index (χ4v) is 3.26. The molecule has 0 saturated heterocycles. The summed E-state index contributed by atoms with van der Waals surface area (Å²) >= 11 is 7.20. The highest BCUT2D eigenvalue weighted by Gasteiger charge is 2.14. The highest BCUT2D eigenvalue weighted by molar-refractivity contribution is 7.99. The van der Waals surface area contributed by atoms with Crippen molar-refractivity contribution < 1.29 is 4.79 Å². The Labute approximate surface area is 161 Å². The second kappa shape index (κ2) is 8.33. The van der Waals surface area contributed by atoms with E-state index in [2.05, 4.69) is 15.5 Å². The normalized spacial score (nSPS) is 10.7. The van der Waals surface area contributed by atoms with E-state index < -0.39 is 0 Å². The molecule has 0 fully saturated rings. The highest BCUT2D eigenvalue weighted by atomic mass is 35.5. The number of aryl methyl sites for hydroxylation is 1. The van der Waals surface area contributed by atoms with Gasteiger partial charge in [-0.15, -0.1) is 5.10 Å². The van der Waals surface area contributed by atoms with Crippen molar-refractivity contribution in [3.63, 3.8) is 0 Å². The Hall–Kier alpha value is -2.38. The van der Waals surface area contributed by atoms with Gasteiger partial charge in [0, 0.05) is 18.6 Å². The number of carbonyl (C=O) groups is 1. The van der Waals surface area contributed by atoms with Gasteiger partial charge in [-0.3, -0.25) is 4.79 Å². The van der Waals surface area contributed by atoms with Crippen molar-refractivity contribution >= 4 is 29.3 Å². The minimum atomic E-state index is 0.00315. The summed E-state index contributed by atoms with van der Waals surface area (Å²) in [6.45, 7) is 2.55. The van der Waals surface area contributed by atoms with Gasteiger partial charge in [-0.25, -0.2) is 0 Å². The molecule has 26 heavy (non-hydrogen) atoms. The fraction of sp³-hybridized carbons (Fsp3) is 0.222. The average molecular weight is 388 g/mol. The van der Waals surface area contributed by atoms with Crippen LogP contribution in [0.15, 0.2) is 53.7 Å². The van der Waals surface area contributed by atoms with Crippen molar-refractivity contribution in [2.24, 2.45) is 0 Å². The number of carbonyl (C=O) groups excluding carboxylic acids is 1. The van der Waals surface area contributed by atoms with Gasteiger partial charge in [0.1, 0.15) is 0 Å². The molecule has 0 aliphatic heterocycles. The summed E-state index contributed by atoms with van der Waals surface area (Å²) in [5.74, 6) is 0.263. The Balaban J connectivity index is 1.60. The molecule has 0 spiro atoms. The predicted octanol–water partition coefficient (Wildman–Crippen LogP) is 3.37. The second-order valence-corrected chi connectivity index (χ2v) is 7.25. The van der Waals surface area contributed by atoms with Crippen molar-refractivity contribution in [2.45, 2.75) is 18.6 Å². The van der Waals surface area contributed by atoms with Gasteiger partial charge in [0.15, 0.2) is 0 Å². The second-order valence-electron chi connectivity index (χ2n) is 5.87. The number of tetrazole rings is 1. The van der Waals surface area contributed by atoms with Crippen LogP contribution in [0.1, 0.15) is 11.1 Å². The van der Waals surface area contributed by atoms with E-state index in [9.17, 15) is 4.79 Å². The standard InChI is InChI=1S/C18H18ClN5OS/c1-13-3-9-16(10-4-13)24-18(20-21-22-24)26-12-17(25)23(2)11-14-5-7-15(19)8-6-14/h3-10H,11-12H2,1-2H3. The average Bonchev–Trinajstić information content (AvgIpc) is 3.10. The van der Waals surface area contributed by atoms with Crippen LogP contribution in [0.3, 0.4) is 0 Å². The molecule has 0 atom stereocenters. The maximum atomic E-state index is 12.4. The minimum Gasteiger partial charge on any atom is -0.341 e. The maximum absolute atomic E-state index is 12.4. The quantitative estimate of drug-likeness (QED) is 0.607. The fourth-order valence-electron chi connectivity index (χ4n) is 2.31. The van der Waals surface area contributed by atoms with E-state index in [1.54, 1.807) is 16.6 Å². The third-order valence-corrected chi connectivity index (χ3v) is 4.96. The molecule has 1 aromatic heterocycles. The third-order valence-electron chi connectivity index (χ3n) is 3.80. The molecule has 1 heterocycles. The molecule has 0 saturated carbocycles. The number of nitrogens with zero attached hydrogens (tertiary/aromatic N) is 5. The zero-order valence-corrected chi connectivity index (χ0v) is 16.0. The van der Waals surface area contributed by atoms with Crippen LogP contribution in [0.4, 0.5) is 0 Å². The Bertz CT molecular complexity index is 879. The Morgan fingerprint density at radius 1 is 1.15 bits per heavy atom. The number of aromatic nitrogens is 4. The number of benzene rings is 2. The van der Waals surface area contributed by atoms with Crippen LogP contribution in [0.5, 0.6) is 0 Å². The molecule has 3 aromatic rings. The molecule has 1 amide bonds. The summed E-state index contributed by atoms with van der Waals surface area (Å²) in [4.78, 5) is 14.1. The van der Waals surface area contributed by atoms with Crippen LogP contribution in [-0.4, -0.2) is 43.8 Å². The lowest BCUT2D eigenvalue weighted by Gasteiger charge is -2.17. The highest BCUT2D eigenvalue weighted by Crippen LogP contribution is 2.19. The molecule has 3 rings (SSSR count). The van der Waals surface area contributed by atoms with Gasteiger partial charge in [0.25, 0.3) is 0 Å². The summed E-state index contributed by atoms with van der Waals surface area (Å²) in [6.07, 6.45) is 0.